The quantitative estimate of drug-likeness (QED) is 0.897. The molecule has 0 heterocycles. The van der Waals surface area contributed by atoms with E-state index < -0.39 is 0 Å². The second-order valence-electron chi connectivity index (χ2n) is 4.39. The number of hydrogen-bond donors (Lipinski definition) is 2. The molecule has 1 saturated carbocycles. The summed E-state index contributed by atoms with van der Waals surface area (Å²) in [5.41, 5.74) is 7.78. The standard InChI is InChI=1S/C12H16BrNO2/c1-7-8(13)5-9(16-2)11(15)10(7)12(6-14)3-4-12/h5,15H,3-4,6,14H2,1-2H3. The third-order valence-electron chi connectivity index (χ3n) is 3.46. The molecule has 0 aromatic heterocycles. The highest BCUT2D eigenvalue weighted by Gasteiger charge is 2.46. The van der Waals surface area contributed by atoms with Gasteiger partial charge in [0.2, 0.25) is 0 Å². The molecule has 0 radical (unpaired) electrons. The summed E-state index contributed by atoms with van der Waals surface area (Å²) in [5.74, 6) is 0.748. The third kappa shape index (κ3) is 1.60. The van der Waals surface area contributed by atoms with Crippen molar-refractivity contribution in [3.8, 4) is 11.5 Å². The molecule has 0 saturated heterocycles. The lowest BCUT2D eigenvalue weighted by Crippen LogP contribution is -2.21. The minimum absolute atomic E-state index is 0.0365. The summed E-state index contributed by atoms with van der Waals surface area (Å²) in [6.45, 7) is 2.56. The van der Waals surface area contributed by atoms with Crippen LogP contribution in [-0.4, -0.2) is 18.8 Å². The fraction of sp³-hybridized carbons (Fsp3) is 0.500. The van der Waals surface area contributed by atoms with E-state index in [1.165, 1.54) is 0 Å². The van der Waals surface area contributed by atoms with Crippen LogP contribution >= 0.6 is 15.9 Å². The van der Waals surface area contributed by atoms with E-state index in [0.717, 1.165) is 28.4 Å². The number of benzene rings is 1. The van der Waals surface area contributed by atoms with Gasteiger partial charge in [-0.2, -0.15) is 0 Å². The fourth-order valence-electron chi connectivity index (χ4n) is 2.22. The van der Waals surface area contributed by atoms with Gasteiger partial charge in [-0.3, -0.25) is 0 Å². The van der Waals surface area contributed by atoms with E-state index in [9.17, 15) is 5.11 Å². The van der Waals surface area contributed by atoms with E-state index in [0.29, 0.717) is 12.3 Å². The van der Waals surface area contributed by atoms with Crippen LogP contribution in [0.4, 0.5) is 0 Å². The molecule has 1 aliphatic rings. The molecule has 1 aliphatic carbocycles. The van der Waals surface area contributed by atoms with Crippen molar-refractivity contribution in [1.82, 2.24) is 0 Å². The van der Waals surface area contributed by atoms with Crippen molar-refractivity contribution in [2.45, 2.75) is 25.2 Å². The van der Waals surface area contributed by atoms with Crippen LogP contribution in [0, 0.1) is 6.92 Å². The normalized spacial score (nSPS) is 17.2. The van der Waals surface area contributed by atoms with Gasteiger partial charge >= 0.3 is 0 Å². The van der Waals surface area contributed by atoms with E-state index in [-0.39, 0.29) is 11.2 Å². The maximum atomic E-state index is 10.2. The number of rotatable bonds is 3. The van der Waals surface area contributed by atoms with E-state index in [2.05, 4.69) is 15.9 Å². The smallest absolute Gasteiger partial charge is 0.161 e. The van der Waals surface area contributed by atoms with Crippen molar-refractivity contribution in [1.29, 1.82) is 0 Å². The number of ether oxygens (including phenoxy) is 1. The predicted molar refractivity (Wildman–Crippen MR) is 67.1 cm³/mol. The lowest BCUT2D eigenvalue weighted by atomic mass is 9.90. The summed E-state index contributed by atoms with van der Waals surface area (Å²) in [6, 6.07) is 1.79. The molecule has 2 rings (SSSR count). The summed E-state index contributed by atoms with van der Waals surface area (Å²) in [4.78, 5) is 0. The van der Waals surface area contributed by atoms with Crippen LogP contribution in [0.15, 0.2) is 10.5 Å². The van der Waals surface area contributed by atoms with Gasteiger partial charge < -0.3 is 15.6 Å². The number of hydrogen-bond acceptors (Lipinski definition) is 3. The van der Waals surface area contributed by atoms with Crippen LogP contribution in [0.2, 0.25) is 0 Å². The number of methoxy groups -OCH3 is 1. The highest BCUT2D eigenvalue weighted by molar-refractivity contribution is 9.10. The molecule has 1 fully saturated rings. The zero-order valence-electron chi connectivity index (χ0n) is 9.51. The average Bonchev–Trinajstić information content (AvgIpc) is 3.05. The molecule has 0 unspecified atom stereocenters. The Morgan fingerprint density at radius 1 is 1.56 bits per heavy atom. The van der Waals surface area contributed by atoms with Crippen molar-refractivity contribution in [2.75, 3.05) is 13.7 Å². The Labute approximate surface area is 104 Å². The predicted octanol–water partition coefficient (Wildman–Crippen LogP) is 2.46. The molecule has 88 valence electrons. The molecule has 4 heteroatoms. The number of phenolic OH excluding ortho intramolecular Hbond substituents is 1. The van der Waals surface area contributed by atoms with Crippen LogP contribution in [0.5, 0.6) is 11.5 Å². The maximum absolute atomic E-state index is 10.2. The molecular formula is C12H16BrNO2. The summed E-state index contributed by atoms with van der Waals surface area (Å²) < 4.78 is 6.12. The van der Waals surface area contributed by atoms with Gasteiger partial charge in [-0.1, -0.05) is 15.9 Å². The largest absolute Gasteiger partial charge is 0.504 e. The Morgan fingerprint density at radius 3 is 2.62 bits per heavy atom. The Kier molecular flexibility index (Phi) is 2.88. The molecule has 3 N–H and O–H groups in total. The van der Waals surface area contributed by atoms with Crippen LogP contribution in [0.25, 0.3) is 0 Å². The van der Waals surface area contributed by atoms with Gasteiger partial charge in [0.1, 0.15) is 0 Å². The highest BCUT2D eigenvalue weighted by atomic mass is 79.9. The second kappa shape index (κ2) is 3.93. The van der Waals surface area contributed by atoms with Crippen LogP contribution < -0.4 is 10.5 Å². The van der Waals surface area contributed by atoms with Crippen molar-refractivity contribution < 1.29 is 9.84 Å². The van der Waals surface area contributed by atoms with E-state index in [1.54, 1.807) is 13.2 Å². The first-order valence-electron chi connectivity index (χ1n) is 5.32. The Hall–Kier alpha value is -0.740. The molecule has 3 nitrogen and oxygen atoms in total. The van der Waals surface area contributed by atoms with Crippen LogP contribution in [0.1, 0.15) is 24.0 Å². The summed E-state index contributed by atoms with van der Waals surface area (Å²) in [6.07, 6.45) is 2.08. The van der Waals surface area contributed by atoms with Gasteiger partial charge in [0.05, 0.1) is 7.11 Å². The van der Waals surface area contributed by atoms with Crippen molar-refractivity contribution in [2.24, 2.45) is 5.73 Å². The number of phenols is 1. The molecule has 0 bridgehead atoms. The zero-order valence-corrected chi connectivity index (χ0v) is 11.1. The van der Waals surface area contributed by atoms with Gasteiger partial charge in [-0.25, -0.2) is 0 Å². The van der Waals surface area contributed by atoms with Crippen molar-refractivity contribution in [3.05, 3.63) is 21.7 Å². The first kappa shape index (κ1) is 11.7. The Bertz CT molecular complexity index is 428. The van der Waals surface area contributed by atoms with Crippen molar-refractivity contribution >= 4 is 15.9 Å². The average molecular weight is 286 g/mol. The molecule has 16 heavy (non-hydrogen) atoms. The van der Waals surface area contributed by atoms with Gasteiger partial charge in [0.15, 0.2) is 11.5 Å². The van der Waals surface area contributed by atoms with Crippen molar-refractivity contribution in [3.63, 3.8) is 0 Å². The molecule has 1 aromatic carbocycles. The molecule has 0 atom stereocenters. The second-order valence-corrected chi connectivity index (χ2v) is 5.25. The summed E-state index contributed by atoms with van der Waals surface area (Å²) >= 11 is 3.49. The van der Waals surface area contributed by atoms with Gasteiger partial charge in [0, 0.05) is 22.0 Å². The molecule has 0 aliphatic heterocycles. The van der Waals surface area contributed by atoms with Gasteiger partial charge in [-0.05, 0) is 31.4 Å². The van der Waals surface area contributed by atoms with Crippen LogP contribution in [-0.2, 0) is 5.41 Å². The third-order valence-corrected chi connectivity index (χ3v) is 4.28. The Balaban J connectivity index is 2.63. The lowest BCUT2D eigenvalue weighted by molar-refractivity contribution is 0.367. The molecular weight excluding hydrogens is 270 g/mol. The van der Waals surface area contributed by atoms with Crippen LogP contribution in [0.3, 0.4) is 0 Å². The SMILES string of the molecule is COc1cc(Br)c(C)c(C2(CN)CC2)c1O. The van der Waals surface area contributed by atoms with E-state index in [1.807, 2.05) is 6.92 Å². The Morgan fingerprint density at radius 2 is 2.19 bits per heavy atom. The maximum Gasteiger partial charge on any atom is 0.161 e. The monoisotopic (exact) mass is 285 g/mol. The fourth-order valence-corrected chi connectivity index (χ4v) is 2.63. The van der Waals surface area contributed by atoms with Gasteiger partial charge in [-0.15, -0.1) is 0 Å². The topological polar surface area (TPSA) is 55.5 Å². The number of aromatic hydroxyl groups is 1. The highest BCUT2D eigenvalue weighted by Crippen LogP contribution is 2.54. The minimum atomic E-state index is -0.0365. The summed E-state index contributed by atoms with van der Waals surface area (Å²) in [5, 5.41) is 10.2. The number of nitrogens with two attached hydrogens (primary N) is 1. The number of halogens is 1. The molecule has 0 spiro atoms. The first-order chi connectivity index (χ1) is 7.55. The summed E-state index contributed by atoms with van der Waals surface area (Å²) in [7, 11) is 1.56. The van der Waals surface area contributed by atoms with E-state index in [4.69, 9.17) is 10.5 Å². The first-order valence-corrected chi connectivity index (χ1v) is 6.11. The van der Waals surface area contributed by atoms with Gasteiger partial charge in [0.25, 0.3) is 0 Å². The minimum Gasteiger partial charge on any atom is -0.504 e. The lowest BCUT2D eigenvalue weighted by Gasteiger charge is -2.20. The van der Waals surface area contributed by atoms with E-state index >= 15 is 0 Å². The zero-order chi connectivity index (χ0) is 11.9. The molecule has 0 amide bonds. The molecule has 1 aromatic rings.